The molecule has 3 rings (SSSR count). The summed E-state index contributed by atoms with van der Waals surface area (Å²) in [6.07, 6.45) is 8.00. The smallest absolute Gasteiger partial charge is 0.0945 e. The van der Waals surface area contributed by atoms with Crippen LogP contribution in [0.25, 0.3) is 0 Å². The minimum Gasteiger partial charge on any atom is -0.381 e. The van der Waals surface area contributed by atoms with Gasteiger partial charge in [0.05, 0.1) is 12.9 Å². The van der Waals surface area contributed by atoms with Crippen LogP contribution in [0, 0.1) is 5.92 Å². The average Bonchev–Trinajstić information content (AvgIpc) is 3.23. The molecule has 1 saturated heterocycles. The van der Waals surface area contributed by atoms with Crippen molar-refractivity contribution in [3.05, 3.63) is 53.6 Å². The number of nitrogens with zero attached hydrogens (tertiary/aromatic N) is 3. The predicted molar refractivity (Wildman–Crippen MR) is 92.5 cm³/mol. The van der Waals surface area contributed by atoms with E-state index < -0.39 is 0 Å². The third-order valence-electron chi connectivity index (χ3n) is 4.34. The predicted octanol–water partition coefficient (Wildman–Crippen LogP) is 3.47. The molecule has 2 heterocycles. The van der Waals surface area contributed by atoms with Crippen LogP contribution in [0.15, 0.2) is 43.0 Å². The zero-order valence-electron chi connectivity index (χ0n) is 13.4. The fraction of sp³-hybridized carbons (Fsp3) is 0.500. The van der Waals surface area contributed by atoms with Crippen molar-refractivity contribution in [2.45, 2.75) is 25.9 Å². The van der Waals surface area contributed by atoms with Gasteiger partial charge in [-0.3, -0.25) is 4.90 Å². The molecule has 1 fully saturated rings. The molecule has 1 unspecified atom stereocenters. The van der Waals surface area contributed by atoms with Crippen LogP contribution in [0.3, 0.4) is 0 Å². The minimum absolute atomic E-state index is 0.644. The molecule has 4 nitrogen and oxygen atoms in total. The fourth-order valence-corrected chi connectivity index (χ4v) is 3.29. The molecule has 1 aromatic carbocycles. The van der Waals surface area contributed by atoms with Gasteiger partial charge in [-0.05, 0) is 30.4 Å². The Kier molecular flexibility index (Phi) is 6.08. The number of hydrogen-bond acceptors (Lipinski definition) is 3. The molecule has 23 heavy (non-hydrogen) atoms. The maximum Gasteiger partial charge on any atom is 0.0945 e. The minimum atomic E-state index is 0.644. The van der Waals surface area contributed by atoms with E-state index in [1.165, 1.54) is 12.0 Å². The van der Waals surface area contributed by atoms with Gasteiger partial charge in [0.25, 0.3) is 0 Å². The van der Waals surface area contributed by atoms with Crippen molar-refractivity contribution in [2.75, 3.05) is 26.3 Å². The van der Waals surface area contributed by atoms with E-state index in [4.69, 9.17) is 16.3 Å². The fourth-order valence-electron chi connectivity index (χ4n) is 3.09. The molecule has 1 aromatic heterocycles. The molecule has 1 aliphatic heterocycles. The van der Waals surface area contributed by atoms with E-state index in [2.05, 4.69) is 26.6 Å². The highest BCUT2D eigenvalue weighted by Crippen LogP contribution is 2.20. The van der Waals surface area contributed by atoms with Crippen molar-refractivity contribution in [3.63, 3.8) is 0 Å². The summed E-state index contributed by atoms with van der Waals surface area (Å²) in [7, 11) is 0. The van der Waals surface area contributed by atoms with Gasteiger partial charge in [-0.2, -0.15) is 0 Å². The molecule has 0 saturated carbocycles. The first-order chi connectivity index (χ1) is 11.3. The summed E-state index contributed by atoms with van der Waals surface area (Å²) >= 11 is 6.34. The first-order valence-corrected chi connectivity index (χ1v) is 8.68. The highest BCUT2D eigenvalue weighted by Gasteiger charge is 2.19. The van der Waals surface area contributed by atoms with Crippen molar-refractivity contribution >= 4 is 11.6 Å². The molecular weight excluding hydrogens is 310 g/mol. The number of benzene rings is 1. The second-order valence-electron chi connectivity index (χ2n) is 6.21. The van der Waals surface area contributed by atoms with E-state index in [1.54, 1.807) is 0 Å². The number of rotatable bonds is 8. The van der Waals surface area contributed by atoms with Gasteiger partial charge in [-0.15, -0.1) is 0 Å². The summed E-state index contributed by atoms with van der Waals surface area (Å²) in [5, 5.41) is 0.856. The van der Waals surface area contributed by atoms with Crippen LogP contribution < -0.4 is 0 Å². The van der Waals surface area contributed by atoms with E-state index >= 15 is 0 Å². The monoisotopic (exact) mass is 333 g/mol. The Morgan fingerprint density at radius 1 is 1.35 bits per heavy atom. The highest BCUT2D eigenvalue weighted by atomic mass is 35.5. The van der Waals surface area contributed by atoms with Gasteiger partial charge in [0.15, 0.2) is 0 Å². The molecule has 0 spiro atoms. The maximum atomic E-state index is 6.34. The molecule has 1 atom stereocenters. The summed E-state index contributed by atoms with van der Waals surface area (Å²) in [4.78, 5) is 6.61. The molecule has 0 aliphatic carbocycles. The number of imidazole rings is 1. The largest absolute Gasteiger partial charge is 0.381 e. The lowest BCUT2D eigenvalue weighted by Gasteiger charge is -2.25. The lowest BCUT2D eigenvalue weighted by atomic mass is 10.1. The second-order valence-corrected chi connectivity index (χ2v) is 6.62. The Labute approximate surface area is 143 Å². The standard InChI is InChI=1S/C18H24ClN3O/c19-18-5-2-1-4-17(18)13-22(12-16-6-11-23-14-16)9-3-8-21-10-7-20-15-21/h1-2,4-5,7,10,15-16H,3,6,8-9,11-14H2. The lowest BCUT2D eigenvalue weighted by molar-refractivity contribution is 0.163. The van der Waals surface area contributed by atoms with Crippen molar-refractivity contribution in [1.82, 2.24) is 14.5 Å². The SMILES string of the molecule is Clc1ccccc1CN(CCCn1ccnc1)CC1CCOC1. The lowest BCUT2D eigenvalue weighted by Crippen LogP contribution is -2.31. The molecule has 124 valence electrons. The van der Waals surface area contributed by atoms with Gasteiger partial charge in [-0.25, -0.2) is 4.98 Å². The molecule has 5 heteroatoms. The van der Waals surface area contributed by atoms with E-state index in [0.717, 1.165) is 50.8 Å². The van der Waals surface area contributed by atoms with E-state index in [-0.39, 0.29) is 0 Å². The first kappa shape index (κ1) is 16.5. The summed E-state index contributed by atoms with van der Waals surface area (Å²) in [5.74, 6) is 0.644. The Hall–Kier alpha value is -1.36. The molecule has 1 aliphatic rings. The van der Waals surface area contributed by atoms with Crippen LogP contribution in [-0.2, 0) is 17.8 Å². The second kappa shape index (κ2) is 8.48. The Morgan fingerprint density at radius 3 is 3.00 bits per heavy atom. The molecule has 0 bridgehead atoms. The summed E-state index contributed by atoms with van der Waals surface area (Å²) in [6.45, 7) is 5.83. The van der Waals surface area contributed by atoms with Crippen LogP contribution >= 0.6 is 11.6 Å². The van der Waals surface area contributed by atoms with Crippen LogP contribution in [0.4, 0.5) is 0 Å². The van der Waals surface area contributed by atoms with Gasteiger partial charge in [0.2, 0.25) is 0 Å². The first-order valence-electron chi connectivity index (χ1n) is 8.30. The third kappa shape index (κ3) is 5.06. The zero-order valence-corrected chi connectivity index (χ0v) is 14.2. The topological polar surface area (TPSA) is 30.3 Å². The highest BCUT2D eigenvalue weighted by molar-refractivity contribution is 6.31. The normalized spacial score (nSPS) is 17.9. The van der Waals surface area contributed by atoms with Crippen LogP contribution in [0.2, 0.25) is 5.02 Å². The number of aromatic nitrogens is 2. The summed E-state index contributed by atoms with van der Waals surface area (Å²) < 4.78 is 7.66. The molecule has 0 amide bonds. The van der Waals surface area contributed by atoms with Gasteiger partial charge in [-0.1, -0.05) is 29.8 Å². The maximum absolute atomic E-state index is 6.34. The van der Waals surface area contributed by atoms with Crippen LogP contribution in [-0.4, -0.2) is 40.8 Å². The van der Waals surface area contributed by atoms with Crippen molar-refractivity contribution in [2.24, 2.45) is 5.92 Å². The Bertz CT molecular complexity index is 582. The number of halogens is 1. The van der Waals surface area contributed by atoms with Gasteiger partial charge in [0.1, 0.15) is 0 Å². The van der Waals surface area contributed by atoms with E-state index in [0.29, 0.717) is 5.92 Å². The number of aryl methyl sites for hydroxylation is 1. The van der Waals surface area contributed by atoms with Crippen LogP contribution in [0.1, 0.15) is 18.4 Å². The van der Waals surface area contributed by atoms with Crippen molar-refractivity contribution in [1.29, 1.82) is 0 Å². The van der Waals surface area contributed by atoms with E-state index in [1.807, 2.05) is 30.9 Å². The van der Waals surface area contributed by atoms with Crippen molar-refractivity contribution < 1.29 is 4.74 Å². The van der Waals surface area contributed by atoms with Gasteiger partial charge in [0, 0.05) is 50.2 Å². The van der Waals surface area contributed by atoms with Gasteiger partial charge < -0.3 is 9.30 Å². The molecule has 0 N–H and O–H groups in total. The number of hydrogen-bond donors (Lipinski definition) is 0. The zero-order chi connectivity index (χ0) is 15.9. The Morgan fingerprint density at radius 2 is 2.26 bits per heavy atom. The third-order valence-corrected chi connectivity index (χ3v) is 4.71. The van der Waals surface area contributed by atoms with Crippen molar-refractivity contribution in [3.8, 4) is 0 Å². The average molecular weight is 334 g/mol. The van der Waals surface area contributed by atoms with E-state index in [9.17, 15) is 0 Å². The van der Waals surface area contributed by atoms with Gasteiger partial charge >= 0.3 is 0 Å². The molecule has 2 aromatic rings. The molecular formula is C18H24ClN3O. The summed E-state index contributed by atoms with van der Waals surface area (Å²) in [6, 6.07) is 8.14. The molecule has 0 radical (unpaired) electrons. The summed E-state index contributed by atoms with van der Waals surface area (Å²) in [5.41, 5.74) is 1.20. The van der Waals surface area contributed by atoms with Crippen LogP contribution in [0.5, 0.6) is 0 Å². The quantitative estimate of drug-likeness (QED) is 0.741. The Balaban J connectivity index is 1.57. The number of ether oxygens (including phenoxy) is 1.